The van der Waals surface area contributed by atoms with Crippen LogP contribution in [0.3, 0.4) is 0 Å². The number of imidazole rings is 1. The summed E-state index contributed by atoms with van der Waals surface area (Å²) in [6, 6.07) is 8.38. The topological polar surface area (TPSA) is 134 Å². The van der Waals surface area contributed by atoms with Gasteiger partial charge in [0.2, 0.25) is 5.91 Å². The van der Waals surface area contributed by atoms with Gasteiger partial charge in [0, 0.05) is 13.1 Å². The summed E-state index contributed by atoms with van der Waals surface area (Å²) in [5.74, 6) is 0.972. The summed E-state index contributed by atoms with van der Waals surface area (Å²) in [5.41, 5.74) is 8.33. The van der Waals surface area contributed by atoms with Gasteiger partial charge in [-0.15, -0.1) is 0 Å². The highest BCUT2D eigenvalue weighted by Gasteiger charge is 2.25. The summed E-state index contributed by atoms with van der Waals surface area (Å²) < 4.78 is 1.58. The highest BCUT2D eigenvalue weighted by molar-refractivity contribution is 5.85. The van der Waals surface area contributed by atoms with Crippen LogP contribution in [0.4, 0.5) is 5.82 Å². The molecule has 1 saturated heterocycles. The van der Waals surface area contributed by atoms with Crippen LogP contribution in [0.5, 0.6) is 0 Å². The fraction of sp³-hybridized carbons (Fsp3) is 0.520. The van der Waals surface area contributed by atoms with E-state index < -0.39 is 5.54 Å². The Hall–Kier alpha value is -3.24. The van der Waals surface area contributed by atoms with Gasteiger partial charge in [0.25, 0.3) is 0 Å². The molecule has 0 aliphatic carbocycles. The van der Waals surface area contributed by atoms with Crippen molar-refractivity contribution in [1.82, 2.24) is 35.1 Å². The minimum Gasteiger partial charge on any atom is -0.382 e. The number of hydrogen-bond acceptors (Lipinski definition) is 7. The third-order valence-electron chi connectivity index (χ3n) is 7.10. The SMILES string of the molecule is CNC(C)(C)C(=O)NCCC1CCN(Cc2ccc(Cn3c(=O)[nH]c4c(N)ncnc43)cc2)CC1. The van der Waals surface area contributed by atoms with Gasteiger partial charge in [0.05, 0.1) is 12.1 Å². The molecule has 0 radical (unpaired) electrons. The van der Waals surface area contributed by atoms with Crippen molar-refractivity contribution in [2.45, 2.75) is 51.7 Å². The van der Waals surface area contributed by atoms with Gasteiger partial charge >= 0.3 is 5.69 Å². The number of anilines is 1. The van der Waals surface area contributed by atoms with E-state index in [0.717, 1.165) is 51.0 Å². The zero-order valence-electron chi connectivity index (χ0n) is 20.8. The first-order chi connectivity index (χ1) is 16.8. The molecule has 1 aliphatic rings. The van der Waals surface area contributed by atoms with Gasteiger partial charge in [-0.05, 0) is 70.3 Å². The van der Waals surface area contributed by atoms with Crippen molar-refractivity contribution < 1.29 is 4.79 Å². The molecule has 5 N–H and O–H groups in total. The Kier molecular flexibility index (Phi) is 7.51. The molecule has 0 atom stereocenters. The number of H-pyrrole nitrogens is 1. The van der Waals surface area contributed by atoms with Crippen molar-refractivity contribution in [3.8, 4) is 0 Å². The van der Waals surface area contributed by atoms with Crippen LogP contribution >= 0.6 is 0 Å². The Bertz CT molecular complexity index is 1210. The maximum Gasteiger partial charge on any atom is 0.328 e. The molecule has 0 bridgehead atoms. The van der Waals surface area contributed by atoms with Crippen LogP contribution in [0.15, 0.2) is 35.4 Å². The van der Waals surface area contributed by atoms with Gasteiger partial charge in [-0.3, -0.25) is 14.3 Å². The Morgan fingerprint density at radius 3 is 2.46 bits per heavy atom. The van der Waals surface area contributed by atoms with Gasteiger partial charge in [0.15, 0.2) is 11.5 Å². The summed E-state index contributed by atoms with van der Waals surface area (Å²) in [6.07, 6.45) is 4.70. The van der Waals surface area contributed by atoms with Crippen molar-refractivity contribution in [3.05, 3.63) is 52.2 Å². The van der Waals surface area contributed by atoms with E-state index in [1.54, 1.807) is 11.6 Å². The molecule has 3 heterocycles. The lowest BCUT2D eigenvalue weighted by molar-refractivity contribution is -0.126. The molecule has 1 aliphatic heterocycles. The van der Waals surface area contributed by atoms with Crippen LogP contribution in [-0.2, 0) is 17.9 Å². The molecule has 0 spiro atoms. The van der Waals surface area contributed by atoms with E-state index in [0.29, 0.717) is 23.6 Å². The number of likely N-dealkylation sites (N-methyl/N-ethyl adjacent to an activating group) is 1. The van der Waals surface area contributed by atoms with E-state index in [-0.39, 0.29) is 17.4 Å². The molecule has 188 valence electrons. The monoisotopic (exact) mass is 480 g/mol. The summed E-state index contributed by atoms with van der Waals surface area (Å²) >= 11 is 0. The molecule has 3 aromatic rings. The third-order valence-corrected chi connectivity index (χ3v) is 7.10. The average molecular weight is 481 g/mol. The molecule has 4 rings (SSSR count). The molecule has 10 heteroatoms. The van der Waals surface area contributed by atoms with Crippen LogP contribution in [0.2, 0.25) is 0 Å². The number of aromatic nitrogens is 4. The van der Waals surface area contributed by atoms with Crippen molar-refractivity contribution in [2.24, 2.45) is 5.92 Å². The summed E-state index contributed by atoms with van der Waals surface area (Å²) in [7, 11) is 1.81. The Morgan fingerprint density at radius 2 is 1.80 bits per heavy atom. The number of hydrogen-bond donors (Lipinski definition) is 4. The van der Waals surface area contributed by atoms with Crippen LogP contribution in [-0.4, -0.2) is 62.5 Å². The zero-order chi connectivity index (χ0) is 25.0. The van der Waals surface area contributed by atoms with Crippen LogP contribution < -0.4 is 22.1 Å². The van der Waals surface area contributed by atoms with Crippen molar-refractivity contribution in [3.63, 3.8) is 0 Å². The minimum absolute atomic E-state index is 0.0489. The second-order valence-corrected chi connectivity index (χ2v) is 9.93. The standard InChI is InChI=1S/C25H36N8O2/c1-25(2,27-3)23(34)28-11-8-17-9-12-32(13-10-17)14-18-4-6-19(7-5-18)15-33-22-20(31-24(33)35)21(26)29-16-30-22/h4-7,16-17,27H,8-15H2,1-3H3,(H,28,34)(H,31,35)(H2,26,29,30). The van der Waals surface area contributed by atoms with Gasteiger partial charge in [-0.2, -0.15) is 0 Å². The summed E-state index contributed by atoms with van der Waals surface area (Å²) in [5, 5.41) is 6.10. The van der Waals surface area contributed by atoms with Crippen molar-refractivity contribution in [1.29, 1.82) is 0 Å². The lowest BCUT2D eigenvalue weighted by Crippen LogP contribution is -2.51. The lowest BCUT2D eigenvalue weighted by atomic mass is 9.93. The predicted molar refractivity (Wildman–Crippen MR) is 137 cm³/mol. The van der Waals surface area contributed by atoms with Crippen LogP contribution in [0, 0.1) is 5.92 Å². The molecular formula is C25H36N8O2. The van der Waals surface area contributed by atoms with Crippen LogP contribution in [0.25, 0.3) is 11.2 Å². The van der Waals surface area contributed by atoms with E-state index in [1.165, 1.54) is 11.9 Å². The molecule has 1 fully saturated rings. The van der Waals surface area contributed by atoms with E-state index >= 15 is 0 Å². The Morgan fingerprint density at radius 1 is 1.14 bits per heavy atom. The quantitative estimate of drug-likeness (QED) is 0.364. The number of benzene rings is 1. The molecule has 2 aromatic heterocycles. The Balaban J connectivity index is 1.25. The molecule has 0 unspecified atom stereocenters. The summed E-state index contributed by atoms with van der Waals surface area (Å²) in [4.78, 5) is 37.9. The van der Waals surface area contributed by atoms with Gasteiger partial charge in [-0.1, -0.05) is 24.3 Å². The van der Waals surface area contributed by atoms with Crippen molar-refractivity contribution in [2.75, 3.05) is 32.4 Å². The number of amides is 1. The number of carbonyl (C=O) groups excluding carboxylic acids is 1. The number of rotatable bonds is 9. The first-order valence-corrected chi connectivity index (χ1v) is 12.2. The molecule has 10 nitrogen and oxygen atoms in total. The number of nitrogens with two attached hydrogens (primary N) is 1. The number of nitrogens with zero attached hydrogens (tertiary/aromatic N) is 4. The third kappa shape index (κ3) is 5.88. The van der Waals surface area contributed by atoms with Crippen LogP contribution in [0.1, 0.15) is 44.2 Å². The molecule has 1 amide bonds. The predicted octanol–water partition coefficient (Wildman–Crippen LogP) is 1.47. The minimum atomic E-state index is -0.535. The number of nitrogens with one attached hydrogen (secondary N) is 3. The average Bonchev–Trinajstić information content (AvgIpc) is 3.17. The normalized spacial score (nSPS) is 15.5. The Labute approximate surface area is 205 Å². The van der Waals surface area contributed by atoms with Crippen molar-refractivity contribution >= 4 is 22.9 Å². The van der Waals surface area contributed by atoms with Gasteiger partial charge < -0.3 is 21.4 Å². The maximum absolute atomic E-state index is 12.4. The first kappa shape index (κ1) is 24.9. The molecule has 35 heavy (non-hydrogen) atoms. The second kappa shape index (κ2) is 10.6. The second-order valence-electron chi connectivity index (χ2n) is 9.93. The lowest BCUT2D eigenvalue weighted by Gasteiger charge is -2.32. The highest BCUT2D eigenvalue weighted by atomic mass is 16.2. The number of carbonyl (C=O) groups is 1. The van der Waals surface area contributed by atoms with E-state index in [4.69, 9.17) is 5.73 Å². The number of likely N-dealkylation sites (tertiary alicyclic amines) is 1. The summed E-state index contributed by atoms with van der Waals surface area (Å²) in [6.45, 7) is 7.97. The van der Waals surface area contributed by atoms with E-state index in [2.05, 4.69) is 54.8 Å². The molecule has 0 saturated carbocycles. The van der Waals surface area contributed by atoms with Gasteiger partial charge in [0.1, 0.15) is 11.8 Å². The van der Waals surface area contributed by atoms with E-state index in [9.17, 15) is 9.59 Å². The maximum atomic E-state index is 12.4. The fourth-order valence-electron chi connectivity index (χ4n) is 4.48. The first-order valence-electron chi connectivity index (χ1n) is 12.2. The zero-order valence-corrected chi connectivity index (χ0v) is 20.8. The number of fused-ring (bicyclic) bond motifs is 1. The molecular weight excluding hydrogens is 444 g/mol. The highest BCUT2D eigenvalue weighted by Crippen LogP contribution is 2.22. The smallest absolute Gasteiger partial charge is 0.328 e. The number of aromatic amines is 1. The fourth-order valence-corrected chi connectivity index (χ4v) is 4.48. The number of nitrogen functional groups attached to an aromatic ring is 1. The van der Waals surface area contributed by atoms with E-state index in [1.807, 2.05) is 13.8 Å². The largest absolute Gasteiger partial charge is 0.382 e. The van der Waals surface area contributed by atoms with Gasteiger partial charge in [-0.25, -0.2) is 14.8 Å². The number of piperidine rings is 1. The molecule has 1 aromatic carbocycles.